The van der Waals surface area contributed by atoms with E-state index in [2.05, 4.69) is 0 Å². The number of para-hydroxylation sites is 1. The largest absolute Gasteiger partial charge is 0.352 e. The van der Waals surface area contributed by atoms with Crippen molar-refractivity contribution in [1.82, 2.24) is 13.9 Å². The van der Waals surface area contributed by atoms with Gasteiger partial charge in [-0.1, -0.05) is 18.2 Å². The SMILES string of the molecule is O=c1n(-c2ccccc2)c(=O)n2n1C1[C@H]3C4C5[C@@H]3C2[C@H]5[C@H]41. The van der Waals surface area contributed by atoms with Crippen LogP contribution in [0.4, 0.5) is 0 Å². The average Bonchev–Trinajstić information content (AvgIpc) is 2.71. The van der Waals surface area contributed by atoms with Gasteiger partial charge in [-0.25, -0.2) is 23.5 Å². The summed E-state index contributed by atoms with van der Waals surface area (Å²) in [4.78, 5) is 25.7. The minimum atomic E-state index is -0.132. The Kier molecular flexibility index (Phi) is 1.19. The molecule has 0 amide bonds. The van der Waals surface area contributed by atoms with Crippen LogP contribution in [-0.4, -0.2) is 13.9 Å². The standard InChI is InChI=1S/C16H13N3O2/c20-15-17(6-4-2-1-3-5-6)16(21)19-14-11-8-7-9(11)13(18(15)19)10(7)12(8)14/h1-5,7-14H/t7?,8?,9-,10-,11-,12+,13?,14?/m0/s1. The van der Waals surface area contributed by atoms with Gasteiger partial charge in [0.05, 0.1) is 17.8 Å². The molecule has 0 saturated heterocycles. The van der Waals surface area contributed by atoms with E-state index in [9.17, 15) is 9.59 Å². The van der Waals surface area contributed by atoms with Gasteiger partial charge in [-0.05, 0) is 47.6 Å². The molecule has 1 aromatic heterocycles. The van der Waals surface area contributed by atoms with E-state index in [1.807, 2.05) is 39.7 Å². The summed E-state index contributed by atoms with van der Waals surface area (Å²) in [6.07, 6.45) is 0. The first kappa shape index (κ1) is 9.82. The Morgan fingerprint density at radius 2 is 1.14 bits per heavy atom. The molecular formula is C16H13N3O2. The molecule has 0 spiro atoms. The molecule has 8 atom stereocenters. The first-order valence-corrected chi connectivity index (χ1v) is 7.82. The number of nitrogens with zero attached hydrogens (tertiary/aromatic N) is 3. The highest BCUT2D eigenvalue weighted by molar-refractivity contribution is 5.38. The van der Waals surface area contributed by atoms with E-state index in [0.717, 1.165) is 11.8 Å². The zero-order valence-electron chi connectivity index (χ0n) is 11.2. The van der Waals surface area contributed by atoms with Gasteiger partial charge in [-0.2, -0.15) is 0 Å². The second-order valence-corrected chi connectivity index (χ2v) is 7.37. The van der Waals surface area contributed by atoms with Crippen LogP contribution in [-0.2, 0) is 0 Å². The predicted octanol–water partition coefficient (Wildman–Crippen LogP) is 0.648. The van der Waals surface area contributed by atoms with Gasteiger partial charge < -0.3 is 0 Å². The van der Waals surface area contributed by atoms with Gasteiger partial charge in [0, 0.05) is 0 Å². The summed E-state index contributed by atoms with van der Waals surface area (Å²) in [5, 5.41) is 0. The molecule has 4 fully saturated rings. The van der Waals surface area contributed by atoms with Crippen molar-refractivity contribution in [2.75, 3.05) is 0 Å². The monoisotopic (exact) mass is 279 g/mol. The molecule has 4 unspecified atom stereocenters. The van der Waals surface area contributed by atoms with Crippen LogP contribution >= 0.6 is 0 Å². The number of hydrogen-bond donors (Lipinski definition) is 0. The topological polar surface area (TPSA) is 48.9 Å². The van der Waals surface area contributed by atoms with Crippen LogP contribution in [0, 0.1) is 35.5 Å². The maximum Gasteiger partial charge on any atom is 0.352 e. The fourth-order valence-corrected chi connectivity index (χ4v) is 6.78. The third-order valence-corrected chi connectivity index (χ3v) is 7.27. The Hall–Kier alpha value is -2.04. The first-order valence-electron chi connectivity index (χ1n) is 7.82. The lowest BCUT2D eigenvalue weighted by Gasteiger charge is -2.91. The van der Waals surface area contributed by atoms with Crippen LogP contribution < -0.4 is 11.4 Å². The molecule has 2 aromatic rings. The van der Waals surface area contributed by atoms with E-state index in [4.69, 9.17) is 0 Å². The molecule has 5 heteroatoms. The molecule has 6 aliphatic rings. The third-order valence-electron chi connectivity index (χ3n) is 7.27. The molecule has 4 saturated carbocycles. The van der Waals surface area contributed by atoms with Crippen molar-refractivity contribution in [3.05, 3.63) is 51.3 Å². The summed E-state index contributed by atoms with van der Waals surface area (Å²) < 4.78 is 4.99. The molecule has 0 N–H and O–H groups in total. The smallest absolute Gasteiger partial charge is 0.245 e. The second kappa shape index (κ2) is 2.56. The summed E-state index contributed by atoms with van der Waals surface area (Å²) in [6.45, 7) is 0. The van der Waals surface area contributed by atoms with Crippen molar-refractivity contribution in [2.24, 2.45) is 35.5 Å². The van der Waals surface area contributed by atoms with Crippen LogP contribution in [0.15, 0.2) is 39.9 Å². The molecule has 2 aliphatic heterocycles. The second-order valence-electron chi connectivity index (χ2n) is 7.37. The summed E-state index contributed by atoms with van der Waals surface area (Å²) >= 11 is 0. The quantitative estimate of drug-likeness (QED) is 0.769. The van der Waals surface area contributed by atoms with Crippen molar-refractivity contribution >= 4 is 0 Å². The van der Waals surface area contributed by atoms with Crippen LogP contribution in [0.1, 0.15) is 12.1 Å². The minimum Gasteiger partial charge on any atom is -0.245 e. The van der Waals surface area contributed by atoms with Gasteiger partial charge in [0.15, 0.2) is 0 Å². The fourth-order valence-electron chi connectivity index (χ4n) is 6.78. The first-order chi connectivity index (χ1) is 10.3. The number of aromatic nitrogens is 3. The van der Waals surface area contributed by atoms with E-state index in [1.54, 1.807) is 0 Å². The zero-order valence-corrected chi connectivity index (χ0v) is 11.2. The van der Waals surface area contributed by atoms with Crippen LogP contribution in [0.25, 0.3) is 5.69 Å². The lowest BCUT2D eigenvalue weighted by atomic mass is 9.16. The Morgan fingerprint density at radius 1 is 0.667 bits per heavy atom. The molecule has 1 aromatic carbocycles. The van der Waals surface area contributed by atoms with Crippen molar-refractivity contribution < 1.29 is 0 Å². The Morgan fingerprint density at radius 3 is 1.62 bits per heavy atom. The van der Waals surface area contributed by atoms with Crippen LogP contribution in [0.3, 0.4) is 0 Å². The maximum absolute atomic E-state index is 12.8. The Labute approximate surface area is 119 Å². The van der Waals surface area contributed by atoms with Crippen molar-refractivity contribution in [3.63, 3.8) is 0 Å². The van der Waals surface area contributed by atoms with Crippen LogP contribution in [0.5, 0.6) is 0 Å². The molecule has 4 aliphatic carbocycles. The van der Waals surface area contributed by atoms with Gasteiger partial charge in [0.1, 0.15) is 0 Å². The van der Waals surface area contributed by atoms with Crippen LogP contribution in [0.2, 0.25) is 0 Å². The number of benzene rings is 1. The molecule has 8 rings (SSSR count). The third kappa shape index (κ3) is 0.681. The van der Waals surface area contributed by atoms with E-state index >= 15 is 0 Å². The Bertz CT molecular complexity index is 875. The van der Waals surface area contributed by atoms with Gasteiger partial charge in [-0.15, -0.1) is 0 Å². The highest BCUT2D eigenvalue weighted by atomic mass is 16.2. The van der Waals surface area contributed by atoms with Gasteiger partial charge in [0.2, 0.25) is 0 Å². The molecule has 5 nitrogen and oxygen atoms in total. The van der Waals surface area contributed by atoms with Gasteiger partial charge in [0.25, 0.3) is 0 Å². The normalized spacial score (nSPS) is 48.4. The van der Waals surface area contributed by atoms with Crippen molar-refractivity contribution in [1.29, 1.82) is 0 Å². The highest BCUT2D eigenvalue weighted by Gasteiger charge is 2.90. The summed E-state index contributed by atoms with van der Waals surface area (Å²) in [6, 6.07) is 9.97. The summed E-state index contributed by atoms with van der Waals surface area (Å²) in [5.74, 6) is 4.63. The molecule has 0 radical (unpaired) electrons. The van der Waals surface area contributed by atoms with Crippen molar-refractivity contribution in [2.45, 2.75) is 12.1 Å². The maximum atomic E-state index is 12.8. The van der Waals surface area contributed by atoms with Gasteiger partial charge >= 0.3 is 11.4 Å². The molecular weight excluding hydrogens is 266 g/mol. The van der Waals surface area contributed by atoms with E-state index < -0.39 is 0 Å². The lowest BCUT2D eigenvalue weighted by Crippen LogP contribution is -2.91. The minimum absolute atomic E-state index is 0.132. The molecule has 21 heavy (non-hydrogen) atoms. The molecule has 104 valence electrons. The van der Waals surface area contributed by atoms with Gasteiger partial charge in [-0.3, -0.25) is 0 Å². The lowest BCUT2D eigenvalue weighted by molar-refractivity contribution is -0.450. The van der Waals surface area contributed by atoms with E-state index in [0.29, 0.717) is 41.4 Å². The molecule has 2 bridgehead atoms. The van der Waals surface area contributed by atoms with E-state index in [-0.39, 0.29) is 11.4 Å². The Balaban J connectivity index is 1.57. The number of hydrogen-bond acceptors (Lipinski definition) is 2. The van der Waals surface area contributed by atoms with E-state index in [1.165, 1.54) is 4.57 Å². The fraction of sp³-hybridized carbons (Fsp3) is 0.500. The molecule has 3 heterocycles. The predicted molar refractivity (Wildman–Crippen MR) is 73.3 cm³/mol. The highest BCUT2D eigenvalue weighted by Crippen LogP contribution is 2.91. The average molecular weight is 279 g/mol. The van der Waals surface area contributed by atoms with Crippen molar-refractivity contribution in [3.8, 4) is 5.69 Å². The number of rotatable bonds is 1. The zero-order chi connectivity index (χ0) is 13.6. The summed E-state index contributed by atoms with van der Waals surface area (Å²) in [7, 11) is 0. The summed E-state index contributed by atoms with van der Waals surface area (Å²) in [5.41, 5.74) is 0.426.